The van der Waals surface area contributed by atoms with Gasteiger partial charge in [-0.3, -0.25) is 0 Å². The summed E-state index contributed by atoms with van der Waals surface area (Å²) in [7, 11) is -1.55. The Bertz CT molecular complexity index is 547. The fraction of sp³-hybridized carbons (Fsp3) is 0.455. The highest BCUT2D eigenvalue weighted by Gasteiger charge is 2.25. The van der Waals surface area contributed by atoms with Crippen molar-refractivity contribution in [3.63, 3.8) is 0 Å². The van der Waals surface area contributed by atoms with E-state index in [1.807, 2.05) is 7.05 Å². The van der Waals surface area contributed by atoms with Crippen molar-refractivity contribution in [1.29, 1.82) is 0 Å². The fourth-order valence-corrected chi connectivity index (χ4v) is 3.42. The van der Waals surface area contributed by atoms with Crippen LogP contribution in [0.15, 0.2) is 23.1 Å². The lowest BCUT2D eigenvalue weighted by molar-refractivity contribution is 0.407. The standard InChI is InChI=1S/C11H16ClN3O2S/c1-15-5-4-8(7-15)14-18(16,17)9-2-3-10(12)11(13)6-9/h2-3,6,8,14H,4-5,7,13H2,1H3. The number of rotatable bonds is 3. The Balaban J connectivity index is 2.17. The fourth-order valence-electron chi connectivity index (χ4n) is 2.01. The molecule has 1 aromatic carbocycles. The molecule has 3 N–H and O–H groups in total. The summed E-state index contributed by atoms with van der Waals surface area (Å²) in [6, 6.07) is 4.28. The summed E-state index contributed by atoms with van der Waals surface area (Å²) >= 11 is 5.77. The number of nitrogen functional groups attached to an aromatic ring is 1. The zero-order chi connectivity index (χ0) is 13.3. The normalized spacial score (nSPS) is 21.3. The van der Waals surface area contributed by atoms with Crippen LogP contribution in [0.25, 0.3) is 0 Å². The largest absolute Gasteiger partial charge is 0.397 e. The van der Waals surface area contributed by atoms with Crippen molar-refractivity contribution in [3.8, 4) is 0 Å². The van der Waals surface area contributed by atoms with Crippen LogP contribution in [0, 0.1) is 0 Å². The summed E-state index contributed by atoms with van der Waals surface area (Å²) in [5.74, 6) is 0. The molecule has 0 aliphatic carbocycles. The number of benzene rings is 1. The third-order valence-electron chi connectivity index (χ3n) is 2.99. The summed E-state index contributed by atoms with van der Waals surface area (Å²) in [6.45, 7) is 1.62. The van der Waals surface area contributed by atoms with E-state index >= 15 is 0 Å². The van der Waals surface area contributed by atoms with Crippen molar-refractivity contribution >= 4 is 27.3 Å². The zero-order valence-electron chi connectivity index (χ0n) is 10.1. The Labute approximate surface area is 112 Å². The van der Waals surface area contributed by atoms with Gasteiger partial charge in [-0.25, -0.2) is 13.1 Å². The number of likely N-dealkylation sites (tertiary alicyclic amines) is 1. The minimum atomic E-state index is -3.52. The first-order chi connectivity index (χ1) is 8.38. The Morgan fingerprint density at radius 2 is 2.22 bits per heavy atom. The minimum absolute atomic E-state index is 0.0445. The molecule has 0 bridgehead atoms. The number of sulfonamides is 1. The highest BCUT2D eigenvalue weighted by molar-refractivity contribution is 7.89. The predicted octanol–water partition coefficient (Wildman–Crippen LogP) is 0.905. The summed E-state index contributed by atoms with van der Waals surface area (Å²) < 4.78 is 26.9. The van der Waals surface area contributed by atoms with E-state index in [-0.39, 0.29) is 16.6 Å². The zero-order valence-corrected chi connectivity index (χ0v) is 11.6. The van der Waals surface area contributed by atoms with E-state index in [4.69, 9.17) is 17.3 Å². The molecule has 1 fully saturated rings. The first kappa shape index (κ1) is 13.6. The summed E-state index contributed by atoms with van der Waals surface area (Å²) in [5.41, 5.74) is 5.88. The highest BCUT2D eigenvalue weighted by Crippen LogP contribution is 2.22. The number of likely N-dealkylation sites (N-methyl/N-ethyl adjacent to an activating group) is 1. The van der Waals surface area contributed by atoms with E-state index < -0.39 is 10.0 Å². The van der Waals surface area contributed by atoms with Crippen LogP contribution in [-0.2, 0) is 10.0 Å². The minimum Gasteiger partial charge on any atom is -0.397 e. The van der Waals surface area contributed by atoms with Gasteiger partial charge in [-0.15, -0.1) is 0 Å². The van der Waals surface area contributed by atoms with Gasteiger partial charge in [-0.1, -0.05) is 11.6 Å². The molecule has 1 aromatic rings. The van der Waals surface area contributed by atoms with Gasteiger partial charge in [0.15, 0.2) is 0 Å². The molecule has 0 radical (unpaired) electrons. The summed E-state index contributed by atoms with van der Waals surface area (Å²) in [4.78, 5) is 2.24. The van der Waals surface area contributed by atoms with Crippen molar-refractivity contribution in [2.24, 2.45) is 0 Å². The van der Waals surface area contributed by atoms with Crippen LogP contribution in [-0.4, -0.2) is 39.5 Å². The molecule has 1 atom stereocenters. The number of halogens is 1. The van der Waals surface area contributed by atoms with E-state index in [1.54, 1.807) is 0 Å². The van der Waals surface area contributed by atoms with Gasteiger partial charge in [-0.05, 0) is 38.2 Å². The highest BCUT2D eigenvalue weighted by atomic mass is 35.5. The number of nitrogens with one attached hydrogen (secondary N) is 1. The molecule has 7 heteroatoms. The second-order valence-corrected chi connectivity index (χ2v) is 6.67. The van der Waals surface area contributed by atoms with E-state index in [2.05, 4.69) is 9.62 Å². The van der Waals surface area contributed by atoms with Crippen LogP contribution in [0.1, 0.15) is 6.42 Å². The molecular weight excluding hydrogens is 274 g/mol. The maximum atomic E-state index is 12.1. The quantitative estimate of drug-likeness (QED) is 0.811. The van der Waals surface area contributed by atoms with Crippen molar-refractivity contribution < 1.29 is 8.42 Å². The molecule has 0 saturated carbocycles. The van der Waals surface area contributed by atoms with E-state index in [0.717, 1.165) is 19.5 Å². The van der Waals surface area contributed by atoms with Crippen LogP contribution >= 0.6 is 11.6 Å². The van der Waals surface area contributed by atoms with Crippen LogP contribution in [0.5, 0.6) is 0 Å². The molecule has 0 amide bonds. The predicted molar refractivity (Wildman–Crippen MR) is 72.1 cm³/mol. The Morgan fingerprint density at radius 1 is 1.50 bits per heavy atom. The Morgan fingerprint density at radius 3 is 2.78 bits per heavy atom. The Hall–Kier alpha value is -0.820. The number of anilines is 1. The molecular formula is C11H16ClN3O2S. The van der Waals surface area contributed by atoms with Crippen LogP contribution in [0.4, 0.5) is 5.69 Å². The van der Waals surface area contributed by atoms with Gasteiger partial charge in [0.1, 0.15) is 0 Å². The van der Waals surface area contributed by atoms with Crippen LogP contribution < -0.4 is 10.5 Å². The third kappa shape index (κ3) is 2.95. The average molecular weight is 290 g/mol. The molecule has 5 nitrogen and oxygen atoms in total. The van der Waals surface area contributed by atoms with Gasteiger partial charge in [0.25, 0.3) is 0 Å². The molecule has 0 aromatic heterocycles. The molecule has 1 unspecified atom stereocenters. The van der Waals surface area contributed by atoms with Crippen molar-refractivity contribution in [3.05, 3.63) is 23.2 Å². The van der Waals surface area contributed by atoms with Gasteiger partial charge in [0.2, 0.25) is 10.0 Å². The lowest BCUT2D eigenvalue weighted by Crippen LogP contribution is -2.36. The first-order valence-corrected chi connectivity index (χ1v) is 7.50. The van der Waals surface area contributed by atoms with Gasteiger partial charge in [0.05, 0.1) is 15.6 Å². The molecule has 18 heavy (non-hydrogen) atoms. The summed E-state index contributed by atoms with van der Waals surface area (Å²) in [5, 5.41) is 0.356. The van der Waals surface area contributed by atoms with Gasteiger partial charge in [-0.2, -0.15) is 0 Å². The monoisotopic (exact) mass is 289 g/mol. The molecule has 1 heterocycles. The van der Waals surface area contributed by atoms with Crippen LogP contribution in [0.2, 0.25) is 5.02 Å². The first-order valence-electron chi connectivity index (χ1n) is 5.64. The van der Waals surface area contributed by atoms with Crippen LogP contribution in [0.3, 0.4) is 0 Å². The van der Waals surface area contributed by atoms with E-state index in [9.17, 15) is 8.42 Å². The molecule has 1 aliphatic rings. The Kier molecular flexibility index (Phi) is 3.82. The lowest BCUT2D eigenvalue weighted by Gasteiger charge is -2.13. The molecule has 0 spiro atoms. The summed E-state index contributed by atoms with van der Waals surface area (Å²) in [6.07, 6.45) is 0.818. The smallest absolute Gasteiger partial charge is 0.240 e. The molecule has 100 valence electrons. The van der Waals surface area contributed by atoms with Gasteiger partial charge >= 0.3 is 0 Å². The SMILES string of the molecule is CN1CCC(NS(=O)(=O)c2ccc(Cl)c(N)c2)C1. The van der Waals surface area contributed by atoms with Crippen molar-refractivity contribution in [2.75, 3.05) is 25.9 Å². The second kappa shape index (κ2) is 5.05. The number of nitrogens with zero attached hydrogens (tertiary/aromatic N) is 1. The third-order valence-corrected chi connectivity index (χ3v) is 4.85. The van der Waals surface area contributed by atoms with Gasteiger partial charge < -0.3 is 10.6 Å². The molecule has 1 aliphatic heterocycles. The van der Waals surface area contributed by atoms with Gasteiger partial charge in [0, 0.05) is 12.6 Å². The maximum absolute atomic E-state index is 12.1. The lowest BCUT2D eigenvalue weighted by atomic mass is 10.3. The molecule has 2 rings (SSSR count). The number of nitrogens with two attached hydrogens (primary N) is 1. The van der Waals surface area contributed by atoms with Crippen molar-refractivity contribution in [2.45, 2.75) is 17.4 Å². The van der Waals surface area contributed by atoms with E-state index in [1.165, 1.54) is 18.2 Å². The van der Waals surface area contributed by atoms with Crippen molar-refractivity contribution in [1.82, 2.24) is 9.62 Å². The number of hydrogen-bond acceptors (Lipinski definition) is 4. The maximum Gasteiger partial charge on any atom is 0.240 e. The topological polar surface area (TPSA) is 75.4 Å². The average Bonchev–Trinajstić information content (AvgIpc) is 2.67. The number of hydrogen-bond donors (Lipinski definition) is 2. The molecule has 1 saturated heterocycles. The van der Waals surface area contributed by atoms with E-state index in [0.29, 0.717) is 5.02 Å². The second-order valence-electron chi connectivity index (χ2n) is 4.55.